The summed E-state index contributed by atoms with van der Waals surface area (Å²) in [6.45, 7) is 0. The molecule has 2 N–H and O–H groups in total. The molecule has 5 rings (SSSR count). The van der Waals surface area contributed by atoms with Gasteiger partial charge in [-0.1, -0.05) is 24.4 Å². The second kappa shape index (κ2) is 6.56. The molecule has 1 aromatic rings. The van der Waals surface area contributed by atoms with Gasteiger partial charge >= 0.3 is 6.03 Å². The first kappa shape index (κ1) is 19.1. The minimum Gasteiger partial charge on any atom is -0.349 e. The molecule has 4 aliphatic rings. The molecule has 0 radical (unpaired) electrons. The van der Waals surface area contributed by atoms with Crippen LogP contribution in [0.3, 0.4) is 0 Å². The van der Waals surface area contributed by atoms with Crippen molar-refractivity contribution in [1.29, 1.82) is 0 Å². The normalized spacial score (nSPS) is 34.0. The van der Waals surface area contributed by atoms with Gasteiger partial charge in [0.25, 0.3) is 0 Å². The van der Waals surface area contributed by atoms with Gasteiger partial charge in [0.05, 0.1) is 22.6 Å². The highest BCUT2D eigenvalue weighted by molar-refractivity contribution is 6.30. The van der Waals surface area contributed by atoms with Gasteiger partial charge < -0.3 is 15.5 Å². The zero-order valence-electron chi connectivity index (χ0n) is 16.2. The Morgan fingerprint density at radius 1 is 1.34 bits per heavy atom. The first-order chi connectivity index (χ1) is 13.8. The maximum absolute atomic E-state index is 14.7. The molecule has 1 aromatic carbocycles. The second-order valence-electron chi connectivity index (χ2n) is 9.06. The summed E-state index contributed by atoms with van der Waals surface area (Å²) in [5, 5.41) is 5.86. The highest BCUT2D eigenvalue weighted by atomic mass is 35.5. The summed E-state index contributed by atoms with van der Waals surface area (Å²) in [4.78, 5) is 26.7. The molecule has 0 aromatic heterocycles. The fourth-order valence-corrected chi connectivity index (χ4v) is 6.33. The number of amides is 3. The summed E-state index contributed by atoms with van der Waals surface area (Å²) in [6.07, 6.45) is 4.85. The van der Waals surface area contributed by atoms with Crippen molar-refractivity contribution in [1.82, 2.24) is 15.5 Å². The van der Waals surface area contributed by atoms with E-state index in [1.165, 1.54) is 6.07 Å². The van der Waals surface area contributed by atoms with E-state index in [0.717, 1.165) is 31.7 Å². The number of carbonyl (C=O) groups excluding carboxylic acids is 2. The van der Waals surface area contributed by atoms with Crippen LogP contribution in [-0.2, 0) is 4.79 Å². The molecule has 0 bridgehead atoms. The molecular formula is C21H24ClF2N3O2. The Kier molecular flexibility index (Phi) is 4.32. The number of urea groups is 1. The van der Waals surface area contributed by atoms with E-state index in [1.54, 1.807) is 11.9 Å². The fraction of sp³-hybridized carbons (Fsp3) is 0.619. The van der Waals surface area contributed by atoms with Crippen molar-refractivity contribution in [3.63, 3.8) is 0 Å². The van der Waals surface area contributed by atoms with Crippen LogP contribution in [-0.4, -0.2) is 35.5 Å². The Morgan fingerprint density at radius 3 is 2.79 bits per heavy atom. The Bertz CT molecular complexity index is 891. The Morgan fingerprint density at radius 2 is 2.07 bits per heavy atom. The minimum atomic E-state index is -0.790. The first-order valence-corrected chi connectivity index (χ1v) is 10.7. The third-order valence-electron chi connectivity index (χ3n) is 7.59. The average molecular weight is 424 g/mol. The number of nitrogens with zero attached hydrogens (tertiary/aromatic N) is 1. The number of fused-ring (bicyclic) bond motifs is 1. The molecule has 8 heteroatoms. The van der Waals surface area contributed by atoms with Crippen molar-refractivity contribution < 1.29 is 18.4 Å². The lowest BCUT2D eigenvalue weighted by atomic mass is 9.89. The molecule has 5 nitrogen and oxygen atoms in total. The van der Waals surface area contributed by atoms with Crippen molar-refractivity contribution in [2.45, 2.75) is 56.1 Å². The van der Waals surface area contributed by atoms with Crippen LogP contribution in [0.5, 0.6) is 0 Å². The lowest BCUT2D eigenvalue weighted by molar-refractivity contribution is -0.126. The molecule has 29 heavy (non-hydrogen) atoms. The smallest absolute Gasteiger partial charge is 0.317 e. The van der Waals surface area contributed by atoms with Crippen molar-refractivity contribution >= 4 is 23.5 Å². The van der Waals surface area contributed by atoms with Gasteiger partial charge in [0.2, 0.25) is 5.91 Å². The van der Waals surface area contributed by atoms with E-state index in [9.17, 15) is 18.4 Å². The molecule has 1 saturated heterocycles. The summed E-state index contributed by atoms with van der Waals surface area (Å²) in [7, 11) is 1.78. The van der Waals surface area contributed by atoms with Gasteiger partial charge in [-0.2, -0.15) is 0 Å². The van der Waals surface area contributed by atoms with Crippen LogP contribution in [0.15, 0.2) is 12.1 Å². The highest BCUT2D eigenvalue weighted by Gasteiger charge is 2.76. The van der Waals surface area contributed by atoms with Crippen LogP contribution in [0.2, 0.25) is 5.02 Å². The standard InChI is InChI=1S/C21H24ClF2N3O2/c1-27-18-12-8-11(9-21(12,18)26-20(27)29)19(28)25-17(10-4-2-3-5-10)15-14(23)7-6-13(22)16(15)24/h6-7,10-12,17-18H,2-5,8-9H2,1H3,(H,25,28)(H,26,29)/t11-,12?,17-,18-,21+/m0/s1. The molecule has 4 fully saturated rings. The molecule has 1 unspecified atom stereocenters. The van der Waals surface area contributed by atoms with Gasteiger partial charge in [-0.05, 0) is 43.7 Å². The van der Waals surface area contributed by atoms with Gasteiger partial charge in [-0.3, -0.25) is 4.79 Å². The lowest BCUT2D eigenvalue weighted by Gasteiger charge is -2.28. The minimum absolute atomic E-state index is 0.0133. The lowest BCUT2D eigenvalue weighted by Crippen LogP contribution is -2.39. The van der Waals surface area contributed by atoms with Gasteiger partial charge in [-0.25, -0.2) is 13.6 Å². The van der Waals surface area contributed by atoms with Gasteiger partial charge in [0.15, 0.2) is 0 Å². The van der Waals surface area contributed by atoms with Crippen LogP contribution in [0.1, 0.15) is 50.1 Å². The summed E-state index contributed by atoms with van der Waals surface area (Å²) >= 11 is 5.91. The molecule has 156 valence electrons. The zero-order valence-corrected chi connectivity index (χ0v) is 16.9. The quantitative estimate of drug-likeness (QED) is 0.724. The zero-order chi connectivity index (χ0) is 20.5. The van der Waals surface area contributed by atoms with Gasteiger partial charge in [-0.15, -0.1) is 0 Å². The van der Waals surface area contributed by atoms with Gasteiger partial charge in [0.1, 0.15) is 11.6 Å². The third kappa shape index (κ3) is 2.76. The molecule has 1 aliphatic heterocycles. The van der Waals surface area contributed by atoms with E-state index in [-0.39, 0.29) is 51.9 Å². The SMILES string of the molecule is CN1C(=O)N[C@]23C[C@@H](C(=O)N[C@H](c4c(F)ccc(Cl)c4F)C4CCCC4)CC2[C@H]13. The number of benzene rings is 1. The largest absolute Gasteiger partial charge is 0.349 e. The summed E-state index contributed by atoms with van der Waals surface area (Å²) in [6, 6.07) is 1.70. The topological polar surface area (TPSA) is 61.4 Å². The molecule has 1 spiro atoms. The molecule has 3 saturated carbocycles. The number of hydrogen-bond acceptors (Lipinski definition) is 2. The van der Waals surface area contributed by atoms with E-state index >= 15 is 0 Å². The Labute approximate surface area is 173 Å². The predicted octanol–water partition coefficient (Wildman–Crippen LogP) is 3.77. The van der Waals surface area contributed by atoms with Crippen LogP contribution >= 0.6 is 11.6 Å². The van der Waals surface area contributed by atoms with E-state index < -0.39 is 17.7 Å². The Balaban J connectivity index is 1.36. The molecular weight excluding hydrogens is 400 g/mol. The molecule has 5 atom stereocenters. The highest BCUT2D eigenvalue weighted by Crippen LogP contribution is 2.62. The van der Waals surface area contributed by atoms with Crippen LogP contribution in [0.25, 0.3) is 0 Å². The molecule has 3 aliphatic carbocycles. The van der Waals surface area contributed by atoms with E-state index in [0.29, 0.717) is 12.8 Å². The van der Waals surface area contributed by atoms with Crippen LogP contribution in [0, 0.1) is 29.4 Å². The fourth-order valence-electron chi connectivity index (χ4n) is 6.17. The average Bonchev–Trinajstić information content (AvgIpc) is 3.14. The number of likely N-dealkylation sites (N-methyl/N-ethyl adjacent to an activating group) is 1. The maximum Gasteiger partial charge on any atom is 0.317 e. The first-order valence-electron chi connectivity index (χ1n) is 10.3. The second-order valence-corrected chi connectivity index (χ2v) is 9.46. The van der Waals surface area contributed by atoms with Crippen molar-refractivity contribution in [2.75, 3.05) is 7.05 Å². The van der Waals surface area contributed by atoms with Crippen molar-refractivity contribution in [3.8, 4) is 0 Å². The molecule has 3 amide bonds. The number of halogens is 3. The summed E-state index contributed by atoms with van der Waals surface area (Å²) in [5.74, 6) is -1.67. The van der Waals surface area contributed by atoms with E-state index in [1.807, 2.05) is 0 Å². The summed E-state index contributed by atoms with van der Waals surface area (Å²) < 4.78 is 29.3. The number of hydrogen-bond donors (Lipinski definition) is 2. The number of nitrogens with one attached hydrogen (secondary N) is 2. The predicted molar refractivity (Wildman–Crippen MR) is 103 cm³/mol. The van der Waals surface area contributed by atoms with Crippen molar-refractivity contribution in [2.24, 2.45) is 17.8 Å². The maximum atomic E-state index is 14.7. The number of rotatable bonds is 4. The van der Waals surface area contributed by atoms with Crippen LogP contribution in [0.4, 0.5) is 13.6 Å². The number of carbonyl (C=O) groups is 2. The van der Waals surface area contributed by atoms with E-state index in [2.05, 4.69) is 10.6 Å². The van der Waals surface area contributed by atoms with Crippen molar-refractivity contribution in [3.05, 3.63) is 34.4 Å². The third-order valence-corrected chi connectivity index (χ3v) is 7.88. The van der Waals surface area contributed by atoms with Gasteiger partial charge in [0, 0.05) is 24.4 Å². The summed E-state index contributed by atoms with van der Waals surface area (Å²) in [5.41, 5.74) is -0.436. The monoisotopic (exact) mass is 423 g/mol. The van der Waals surface area contributed by atoms with Crippen LogP contribution < -0.4 is 10.6 Å². The van der Waals surface area contributed by atoms with E-state index in [4.69, 9.17) is 11.6 Å². The Hall–Kier alpha value is -1.89. The molecule has 1 heterocycles.